The Hall–Kier alpha value is -2.11. The molecule has 6 heteroatoms. The van der Waals surface area contributed by atoms with Crippen molar-refractivity contribution in [3.63, 3.8) is 0 Å². The Morgan fingerprint density at radius 3 is 2.65 bits per heavy atom. The van der Waals surface area contributed by atoms with Gasteiger partial charge in [-0.1, -0.05) is 0 Å². The van der Waals surface area contributed by atoms with Gasteiger partial charge < -0.3 is 15.4 Å². The van der Waals surface area contributed by atoms with Gasteiger partial charge in [-0.25, -0.2) is 4.39 Å². The fraction of sp³-hybridized carbons (Fsp3) is 0.273. The maximum atomic E-state index is 13.0. The number of halogens is 1. The summed E-state index contributed by atoms with van der Waals surface area (Å²) in [5.74, 6) is -1.89. The number of ether oxygens (including phenoxy) is 1. The summed E-state index contributed by atoms with van der Waals surface area (Å²) in [6.45, 7) is 0.0444. The number of hydrogen-bond acceptors (Lipinski definition) is 3. The van der Waals surface area contributed by atoms with Gasteiger partial charge in [-0.05, 0) is 18.2 Å². The first kappa shape index (κ1) is 13.0. The summed E-state index contributed by atoms with van der Waals surface area (Å²) < 4.78 is 18.1. The average Bonchev–Trinajstić information content (AvgIpc) is 2.28. The van der Waals surface area contributed by atoms with Crippen molar-refractivity contribution in [2.24, 2.45) is 5.73 Å². The monoisotopic (exact) mass is 240 g/mol. The van der Waals surface area contributed by atoms with Crippen molar-refractivity contribution < 1.29 is 18.7 Å². The predicted molar refractivity (Wildman–Crippen MR) is 58.6 cm³/mol. The summed E-state index contributed by atoms with van der Waals surface area (Å²) in [6.07, 6.45) is 0. The van der Waals surface area contributed by atoms with Gasteiger partial charge in [0, 0.05) is 19.2 Å². The van der Waals surface area contributed by atoms with Gasteiger partial charge in [0.25, 0.3) is 0 Å². The summed E-state index contributed by atoms with van der Waals surface area (Å²) in [5, 5.41) is 0. The van der Waals surface area contributed by atoms with Crippen molar-refractivity contribution in [2.45, 2.75) is 6.54 Å². The number of methoxy groups -OCH3 is 1. The van der Waals surface area contributed by atoms with E-state index in [1.807, 2.05) is 0 Å². The van der Waals surface area contributed by atoms with Crippen LogP contribution < -0.4 is 10.5 Å². The number of amides is 2. The molecule has 0 atom stereocenters. The number of carbonyl (C=O) groups is 2. The summed E-state index contributed by atoms with van der Waals surface area (Å²) in [6, 6.07) is 3.94. The Balaban J connectivity index is 2.90. The van der Waals surface area contributed by atoms with E-state index in [2.05, 4.69) is 0 Å². The van der Waals surface area contributed by atoms with E-state index in [4.69, 9.17) is 10.5 Å². The van der Waals surface area contributed by atoms with Gasteiger partial charge in [0.15, 0.2) is 0 Å². The van der Waals surface area contributed by atoms with Crippen LogP contribution in [0.2, 0.25) is 0 Å². The highest BCUT2D eigenvalue weighted by atomic mass is 19.1. The third-order valence-corrected chi connectivity index (χ3v) is 2.21. The molecule has 0 aliphatic carbocycles. The Bertz CT molecular complexity index is 448. The maximum Gasteiger partial charge on any atom is 0.311 e. The molecule has 1 rings (SSSR count). The molecule has 0 saturated carbocycles. The zero-order chi connectivity index (χ0) is 13.0. The lowest BCUT2D eigenvalue weighted by Gasteiger charge is -2.17. The smallest absolute Gasteiger partial charge is 0.311 e. The second kappa shape index (κ2) is 5.29. The van der Waals surface area contributed by atoms with Gasteiger partial charge in [-0.15, -0.1) is 0 Å². The summed E-state index contributed by atoms with van der Waals surface area (Å²) in [4.78, 5) is 23.0. The molecule has 0 radical (unpaired) electrons. The van der Waals surface area contributed by atoms with Crippen LogP contribution in [0.25, 0.3) is 0 Å². The molecule has 0 aromatic heterocycles. The minimum Gasteiger partial charge on any atom is -0.496 e. The van der Waals surface area contributed by atoms with Crippen molar-refractivity contribution in [3.8, 4) is 5.75 Å². The van der Waals surface area contributed by atoms with Gasteiger partial charge in [-0.3, -0.25) is 9.59 Å². The molecule has 17 heavy (non-hydrogen) atoms. The molecule has 0 unspecified atom stereocenters. The van der Waals surface area contributed by atoms with E-state index in [-0.39, 0.29) is 6.54 Å². The highest BCUT2D eigenvalue weighted by Gasteiger charge is 2.17. The average molecular weight is 240 g/mol. The quantitative estimate of drug-likeness (QED) is 0.771. The van der Waals surface area contributed by atoms with Crippen LogP contribution in [0.4, 0.5) is 4.39 Å². The Morgan fingerprint density at radius 1 is 1.47 bits per heavy atom. The molecule has 0 fully saturated rings. The molecule has 0 saturated heterocycles. The van der Waals surface area contributed by atoms with Crippen molar-refractivity contribution in [2.75, 3.05) is 14.2 Å². The van der Waals surface area contributed by atoms with E-state index < -0.39 is 17.6 Å². The minimum atomic E-state index is -1.05. The van der Waals surface area contributed by atoms with Crippen LogP contribution in [-0.2, 0) is 16.1 Å². The SMILES string of the molecule is COc1ccc(F)cc1CN(C)C(=O)C(N)=O. The fourth-order valence-corrected chi connectivity index (χ4v) is 1.39. The zero-order valence-corrected chi connectivity index (χ0v) is 9.57. The van der Waals surface area contributed by atoms with Crippen LogP contribution >= 0.6 is 0 Å². The van der Waals surface area contributed by atoms with Gasteiger partial charge in [0.05, 0.1) is 7.11 Å². The number of hydrogen-bond donors (Lipinski definition) is 1. The molecule has 92 valence electrons. The first-order chi connectivity index (χ1) is 7.95. The van der Waals surface area contributed by atoms with E-state index in [0.717, 1.165) is 4.90 Å². The summed E-state index contributed by atoms with van der Waals surface area (Å²) >= 11 is 0. The normalized spacial score (nSPS) is 9.82. The molecule has 0 heterocycles. The maximum absolute atomic E-state index is 13.0. The van der Waals surface area contributed by atoms with E-state index in [1.165, 1.54) is 32.4 Å². The topological polar surface area (TPSA) is 72.6 Å². The molecular weight excluding hydrogens is 227 g/mol. The fourth-order valence-electron chi connectivity index (χ4n) is 1.39. The molecule has 2 amide bonds. The second-order valence-electron chi connectivity index (χ2n) is 3.48. The number of rotatable bonds is 3. The standard InChI is InChI=1S/C11H13FN2O3/c1-14(11(16)10(13)15)6-7-5-8(12)3-4-9(7)17-2/h3-5H,6H2,1-2H3,(H2,13,15). The van der Waals surface area contributed by atoms with Gasteiger partial charge in [0.1, 0.15) is 11.6 Å². The minimum absolute atomic E-state index is 0.0444. The number of nitrogens with zero attached hydrogens (tertiary/aromatic N) is 1. The first-order valence-corrected chi connectivity index (χ1v) is 4.83. The van der Waals surface area contributed by atoms with Crippen molar-refractivity contribution >= 4 is 11.8 Å². The largest absolute Gasteiger partial charge is 0.496 e. The van der Waals surface area contributed by atoms with Crippen LogP contribution in [0.15, 0.2) is 18.2 Å². The summed E-state index contributed by atoms with van der Waals surface area (Å²) in [5.41, 5.74) is 5.32. The van der Waals surface area contributed by atoms with Gasteiger partial charge in [0.2, 0.25) is 0 Å². The molecule has 0 aliphatic rings. The number of nitrogens with two attached hydrogens (primary N) is 1. The first-order valence-electron chi connectivity index (χ1n) is 4.83. The van der Waals surface area contributed by atoms with Crippen LogP contribution in [0.3, 0.4) is 0 Å². The Morgan fingerprint density at radius 2 is 2.12 bits per heavy atom. The Labute approximate surface area is 98.0 Å². The van der Waals surface area contributed by atoms with Crippen LogP contribution in [0.1, 0.15) is 5.56 Å². The zero-order valence-electron chi connectivity index (χ0n) is 9.57. The van der Waals surface area contributed by atoms with Gasteiger partial charge in [-0.2, -0.15) is 0 Å². The lowest BCUT2D eigenvalue weighted by molar-refractivity contribution is -0.143. The van der Waals surface area contributed by atoms with Crippen LogP contribution in [0, 0.1) is 5.82 Å². The van der Waals surface area contributed by atoms with Crippen LogP contribution in [0.5, 0.6) is 5.75 Å². The number of likely N-dealkylation sites (N-methyl/N-ethyl adjacent to an activating group) is 1. The number of carbonyl (C=O) groups excluding carboxylic acids is 2. The molecule has 0 spiro atoms. The number of benzene rings is 1. The van der Waals surface area contributed by atoms with E-state index >= 15 is 0 Å². The predicted octanol–water partition coefficient (Wildman–Crippen LogP) is 0.278. The summed E-state index contributed by atoms with van der Waals surface area (Å²) in [7, 11) is 2.84. The highest BCUT2D eigenvalue weighted by Crippen LogP contribution is 2.20. The van der Waals surface area contributed by atoms with E-state index in [1.54, 1.807) is 0 Å². The molecule has 1 aromatic carbocycles. The molecule has 5 nitrogen and oxygen atoms in total. The molecule has 0 bridgehead atoms. The molecule has 0 aliphatic heterocycles. The van der Waals surface area contributed by atoms with Gasteiger partial charge >= 0.3 is 11.8 Å². The van der Waals surface area contributed by atoms with Crippen molar-refractivity contribution in [1.29, 1.82) is 0 Å². The molecule has 1 aromatic rings. The molecular formula is C11H13FN2O3. The Kier molecular flexibility index (Phi) is 4.03. The highest BCUT2D eigenvalue weighted by molar-refractivity contribution is 6.34. The lowest BCUT2D eigenvalue weighted by Crippen LogP contribution is -2.37. The lowest BCUT2D eigenvalue weighted by atomic mass is 10.2. The van der Waals surface area contributed by atoms with E-state index in [0.29, 0.717) is 11.3 Å². The number of primary amides is 1. The van der Waals surface area contributed by atoms with Crippen molar-refractivity contribution in [1.82, 2.24) is 4.90 Å². The van der Waals surface area contributed by atoms with Crippen molar-refractivity contribution in [3.05, 3.63) is 29.6 Å². The van der Waals surface area contributed by atoms with Crippen LogP contribution in [-0.4, -0.2) is 30.9 Å². The second-order valence-corrected chi connectivity index (χ2v) is 3.48. The molecule has 2 N–H and O–H groups in total. The van der Waals surface area contributed by atoms with E-state index in [9.17, 15) is 14.0 Å². The third-order valence-electron chi connectivity index (χ3n) is 2.21. The third kappa shape index (κ3) is 3.17.